The molecule has 0 radical (unpaired) electrons. The maximum Gasteiger partial charge on any atom is 0.254 e. The highest BCUT2D eigenvalue weighted by Crippen LogP contribution is 2.33. The highest BCUT2D eigenvalue weighted by atomic mass is 19.1. The monoisotopic (exact) mass is 504 g/mol. The average molecular weight is 505 g/mol. The lowest BCUT2D eigenvalue weighted by Crippen LogP contribution is -2.40. The summed E-state index contributed by atoms with van der Waals surface area (Å²) >= 11 is 0. The summed E-state index contributed by atoms with van der Waals surface area (Å²) < 4.78 is 30.5. The molecule has 0 aliphatic heterocycles. The van der Waals surface area contributed by atoms with E-state index in [1.54, 1.807) is 30.0 Å². The molecular weight excluding hydrogens is 470 g/mol. The van der Waals surface area contributed by atoms with E-state index in [1.165, 1.54) is 18.2 Å². The van der Waals surface area contributed by atoms with Crippen molar-refractivity contribution in [3.05, 3.63) is 100 Å². The van der Waals surface area contributed by atoms with E-state index in [0.29, 0.717) is 37.4 Å². The fourth-order valence-corrected chi connectivity index (χ4v) is 4.79. The van der Waals surface area contributed by atoms with Crippen LogP contribution in [0, 0.1) is 31.4 Å². The van der Waals surface area contributed by atoms with Crippen LogP contribution in [-0.2, 0) is 6.54 Å². The number of rotatable bonds is 9. The molecule has 0 fully saturated rings. The topological polar surface area (TPSA) is 64.2 Å². The van der Waals surface area contributed by atoms with Crippen LogP contribution in [0.1, 0.15) is 59.2 Å². The smallest absolute Gasteiger partial charge is 0.254 e. The van der Waals surface area contributed by atoms with Crippen LogP contribution in [0.25, 0.3) is 11.0 Å². The highest BCUT2D eigenvalue weighted by Gasteiger charge is 2.33. The van der Waals surface area contributed by atoms with E-state index < -0.39 is 11.9 Å². The summed E-state index contributed by atoms with van der Waals surface area (Å²) in [5.74, 6) is -0.300. The fraction of sp³-hybridized carbons (Fsp3) is 0.333. The largest absolute Gasteiger partial charge is 0.330 e. The molecule has 5 nitrogen and oxygen atoms in total. The number of fused-ring (bicyclic) bond motifs is 1. The number of halogens is 2. The molecular formula is C30H34F2N4O. The molecule has 0 aliphatic rings. The van der Waals surface area contributed by atoms with Crippen molar-refractivity contribution in [2.45, 2.75) is 46.7 Å². The van der Waals surface area contributed by atoms with Crippen molar-refractivity contribution in [3.8, 4) is 0 Å². The van der Waals surface area contributed by atoms with Gasteiger partial charge in [-0.15, -0.1) is 0 Å². The third-order valence-corrected chi connectivity index (χ3v) is 6.68. The van der Waals surface area contributed by atoms with E-state index in [1.807, 2.05) is 45.0 Å². The second-order valence-electron chi connectivity index (χ2n) is 9.97. The van der Waals surface area contributed by atoms with Crippen molar-refractivity contribution >= 4 is 16.9 Å². The van der Waals surface area contributed by atoms with Gasteiger partial charge in [-0.2, -0.15) is 0 Å². The quantitative estimate of drug-likeness (QED) is 0.297. The van der Waals surface area contributed by atoms with Gasteiger partial charge in [-0.1, -0.05) is 38.1 Å². The maximum absolute atomic E-state index is 14.4. The van der Waals surface area contributed by atoms with Crippen LogP contribution < -0.4 is 5.73 Å². The molecule has 1 amide bonds. The van der Waals surface area contributed by atoms with E-state index in [-0.39, 0.29) is 23.2 Å². The van der Waals surface area contributed by atoms with Crippen LogP contribution in [0.4, 0.5) is 8.78 Å². The van der Waals surface area contributed by atoms with Gasteiger partial charge in [-0.25, -0.2) is 13.8 Å². The van der Waals surface area contributed by atoms with Gasteiger partial charge in [0.05, 0.1) is 17.1 Å². The summed E-state index contributed by atoms with van der Waals surface area (Å²) in [6.07, 6.45) is 0.590. The molecule has 1 atom stereocenters. The van der Waals surface area contributed by atoms with Crippen LogP contribution in [0.3, 0.4) is 0 Å². The summed E-state index contributed by atoms with van der Waals surface area (Å²) in [6, 6.07) is 16.7. The Bertz CT molecular complexity index is 1410. The standard InChI is InChI=1S/C30H34F2N4O/c1-19(2)28(35(14-6-13-33)30(37)23-11-10-21(4)25(32)17-23)29-34-26-15-20(3)9-12-27(26)36(29)18-22-7-5-8-24(31)16-22/h5,7-12,15-17,19,28H,6,13-14,18,33H2,1-4H3. The number of amides is 1. The molecule has 7 heteroatoms. The Labute approximate surface area is 216 Å². The molecule has 1 heterocycles. The van der Waals surface area contributed by atoms with E-state index in [4.69, 9.17) is 10.7 Å². The predicted molar refractivity (Wildman–Crippen MR) is 143 cm³/mol. The van der Waals surface area contributed by atoms with Crippen molar-refractivity contribution in [1.29, 1.82) is 0 Å². The molecule has 0 saturated heterocycles. The number of carbonyl (C=O) groups is 1. The van der Waals surface area contributed by atoms with E-state index in [9.17, 15) is 13.6 Å². The molecule has 37 heavy (non-hydrogen) atoms. The minimum absolute atomic E-state index is 0.0128. The zero-order valence-electron chi connectivity index (χ0n) is 21.8. The van der Waals surface area contributed by atoms with Crippen LogP contribution in [0.15, 0.2) is 60.7 Å². The molecule has 2 N–H and O–H groups in total. The number of hydrogen-bond donors (Lipinski definition) is 1. The number of hydrogen-bond acceptors (Lipinski definition) is 3. The Morgan fingerprint density at radius 1 is 1.05 bits per heavy atom. The van der Waals surface area contributed by atoms with Gasteiger partial charge < -0.3 is 15.2 Å². The molecule has 0 bridgehead atoms. The van der Waals surface area contributed by atoms with E-state index >= 15 is 0 Å². The Hall–Kier alpha value is -3.58. The second-order valence-corrected chi connectivity index (χ2v) is 9.97. The first kappa shape index (κ1) is 26.5. The van der Waals surface area contributed by atoms with Crippen molar-refractivity contribution in [2.75, 3.05) is 13.1 Å². The van der Waals surface area contributed by atoms with E-state index in [2.05, 4.69) is 4.57 Å². The van der Waals surface area contributed by atoms with Gasteiger partial charge in [0.25, 0.3) is 5.91 Å². The summed E-state index contributed by atoms with van der Waals surface area (Å²) in [5, 5.41) is 0. The lowest BCUT2D eigenvalue weighted by Gasteiger charge is -2.34. The molecule has 0 spiro atoms. The van der Waals surface area contributed by atoms with Gasteiger partial charge in [0.2, 0.25) is 0 Å². The lowest BCUT2D eigenvalue weighted by molar-refractivity contribution is 0.0604. The summed E-state index contributed by atoms with van der Waals surface area (Å²) in [6.45, 7) is 8.97. The summed E-state index contributed by atoms with van der Waals surface area (Å²) in [7, 11) is 0. The Kier molecular flexibility index (Phi) is 8.03. The maximum atomic E-state index is 14.4. The van der Waals surface area contributed by atoms with Gasteiger partial charge in [0.15, 0.2) is 0 Å². The van der Waals surface area contributed by atoms with Crippen molar-refractivity contribution < 1.29 is 13.6 Å². The molecule has 1 aromatic heterocycles. The lowest BCUT2D eigenvalue weighted by atomic mass is 9.99. The number of nitrogens with two attached hydrogens (primary N) is 1. The second kappa shape index (κ2) is 11.2. The molecule has 4 rings (SSSR count). The number of imidazole rings is 1. The van der Waals surface area contributed by atoms with Gasteiger partial charge in [-0.05, 0) is 85.8 Å². The Morgan fingerprint density at radius 2 is 1.84 bits per heavy atom. The number of benzene rings is 3. The summed E-state index contributed by atoms with van der Waals surface area (Å²) in [5.41, 5.74) is 10.2. The van der Waals surface area contributed by atoms with Crippen LogP contribution in [-0.4, -0.2) is 33.4 Å². The zero-order valence-corrected chi connectivity index (χ0v) is 21.8. The first-order valence-electron chi connectivity index (χ1n) is 12.7. The third-order valence-electron chi connectivity index (χ3n) is 6.68. The van der Waals surface area contributed by atoms with Crippen molar-refractivity contribution in [1.82, 2.24) is 14.5 Å². The number of carbonyl (C=O) groups excluding carboxylic acids is 1. The van der Waals surface area contributed by atoms with Crippen molar-refractivity contribution in [3.63, 3.8) is 0 Å². The molecule has 0 aliphatic carbocycles. The van der Waals surface area contributed by atoms with Crippen LogP contribution >= 0.6 is 0 Å². The molecule has 1 unspecified atom stereocenters. The van der Waals surface area contributed by atoms with Gasteiger partial charge in [-0.3, -0.25) is 4.79 Å². The highest BCUT2D eigenvalue weighted by molar-refractivity contribution is 5.94. The minimum atomic E-state index is -0.417. The van der Waals surface area contributed by atoms with Gasteiger partial charge in [0, 0.05) is 18.7 Å². The molecule has 194 valence electrons. The van der Waals surface area contributed by atoms with Gasteiger partial charge in [0.1, 0.15) is 17.5 Å². The zero-order chi connectivity index (χ0) is 26.7. The van der Waals surface area contributed by atoms with Crippen LogP contribution in [0.5, 0.6) is 0 Å². The molecule has 3 aromatic carbocycles. The first-order chi connectivity index (χ1) is 17.7. The molecule has 4 aromatic rings. The fourth-order valence-electron chi connectivity index (χ4n) is 4.79. The number of aromatic nitrogens is 2. The Morgan fingerprint density at radius 3 is 2.51 bits per heavy atom. The SMILES string of the molecule is Cc1ccc2c(c1)nc(C(C(C)C)N(CCCN)C(=O)c1ccc(C)c(F)c1)n2Cc1cccc(F)c1. The average Bonchev–Trinajstić information content (AvgIpc) is 3.19. The van der Waals surface area contributed by atoms with E-state index in [0.717, 1.165) is 22.2 Å². The number of aryl methyl sites for hydroxylation is 2. The predicted octanol–water partition coefficient (Wildman–Crippen LogP) is 6.17. The first-order valence-corrected chi connectivity index (χ1v) is 12.7. The third kappa shape index (κ3) is 5.72. The van der Waals surface area contributed by atoms with Gasteiger partial charge >= 0.3 is 0 Å². The normalized spacial score (nSPS) is 12.3. The van der Waals surface area contributed by atoms with Crippen LogP contribution in [0.2, 0.25) is 0 Å². The minimum Gasteiger partial charge on any atom is -0.330 e. The number of nitrogens with zero attached hydrogens (tertiary/aromatic N) is 3. The molecule has 0 saturated carbocycles. The summed E-state index contributed by atoms with van der Waals surface area (Å²) in [4.78, 5) is 20.6. The Balaban J connectivity index is 1.87. The van der Waals surface area contributed by atoms with Crippen molar-refractivity contribution in [2.24, 2.45) is 11.7 Å².